The van der Waals surface area contributed by atoms with Gasteiger partial charge in [0.15, 0.2) is 5.69 Å². The Hall–Kier alpha value is -2.04. The lowest BCUT2D eigenvalue weighted by atomic mass is 9.80. The number of nitrogens with one attached hydrogen (secondary N) is 2. The minimum Gasteiger partial charge on any atom is -0.399 e. The fraction of sp³-hybridized carbons (Fsp3) is 0.429. The number of benzene rings is 1. The number of aromatic nitrogens is 2. The number of nitrogens with two attached hydrogens (primary N) is 1. The Morgan fingerprint density at radius 3 is 3.00 bits per heavy atom. The third-order valence-corrected chi connectivity index (χ3v) is 4.02. The molecule has 4 N–H and O–H groups in total. The third-order valence-electron chi connectivity index (χ3n) is 4.02. The SMILES string of the molecule is CC(NC(=O)c1n[nH]c2ccc(N)cc12)C1CCC1. The van der Waals surface area contributed by atoms with E-state index in [4.69, 9.17) is 5.73 Å². The maximum absolute atomic E-state index is 12.3. The smallest absolute Gasteiger partial charge is 0.272 e. The van der Waals surface area contributed by atoms with Crippen LogP contribution < -0.4 is 11.1 Å². The van der Waals surface area contributed by atoms with Gasteiger partial charge in [-0.3, -0.25) is 9.89 Å². The van der Waals surface area contributed by atoms with Crippen LogP contribution in [-0.2, 0) is 0 Å². The summed E-state index contributed by atoms with van der Waals surface area (Å²) in [4.78, 5) is 12.3. The van der Waals surface area contributed by atoms with Gasteiger partial charge in [0.25, 0.3) is 5.91 Å². The van der Waals surface area contributed by atoms with E-state index in [0.29, 0.717) is 17.3 Å². The average molecular weight is 258 g/mol. The molecule has 3 rings (SSSR count). The number of nitrogens with zero attached hydrogens (tertiary/aromatic N) is 1. The van der Waals surface area contributed by atoms with Crippen LogP contribution in [0.5, 0.6) is 0 Å². The molecule has 1 fully saturated rings. The number of amides is 1. The molecule has 2 aromatic rings. The van der Waals surface area contributed by atoms with Crippen molar-refractivity contribution in [2.75, 3.05) is 5.73 Å². The van der Waals surface area contributed by atoms with Crippen molar-refractivity contribution in [2.24, 2.45) is 5.92 Å². The predicted molar refractivity (Wildman–Crippen MR) is 74.8 cm³/mol. The van der Waals surface area contributed by atoms with E-state index in [2.05, 4.69) is 22.4 Å². The highest BCUT2D eigenvalue weighted by Crippen LogP contribution is 2.29. The Balaban J connectivity index is 1.82. The number of carbonyl (C=O) groups excluding carboxylic acids is 1. The zero-order valence-electron chi connectivity index (χ0n) is 10.9. The number of anilines is 1. The molecule has 5 heteroatoms. The van der Waals surface area contributed by atoms with Crippen molar-refractivity contribution in [2.45, 2.75) is 32.2 Å². The summed E-state index contributed by atoms with van der Waals surface area (Å²) in [7, 11) is 0. The van der Waals surface area contributed by atoms with Gasteiger partial charge in [0.1, 0.15) is 0 Å². The number of hydrogen-bond acceptors (Lipinski definition) is 3. The van der Waals surface area contributed by atoms with Gasteiger partial charge in [-0.15, -0.1) is 0 Å². The lowest BCUT2D eigenvalue weighted by Crippen LogP contribution is -2.40. The molecule has 0 bridgehead atoms. The normalized spacial score (nSPS) is 17.1. The second kappa shape index (κ2) is 4.57. The Labute approximate surface area is 111 Å². The van der Waals surface area contributed by atoms with Crippen molar-refractivity contribution >= 4 is 22.5 Å². The molecule has 1 atom stereocenters. The maximum atomic E-state index is 12.3. The predicted octanol–water partition coefficient (Wildman–Crippen LogP) is 2.06. The van der Waals surface area contributed by atoms with Crippen molar-refractivity contribution in [1.82, 2.24) is 15.5 Å². The highest BCUT2D eigenvalue weighted by Gasteiger charge is 2.26. The zero-order valence-corrected chi connectivity index (χ0v) is 10.9. The van der Waals surface area contributed by atoms with Crippen LogP contribution in [0.4, 0.5) is 5.69 Å². The molecule has 0 saturated heterocycles. The number of aromatic amines is 1. The molecule has 0 aliphatic heterocycles. The second-order valence-corrected chi connectivity index (χ2v) is 5.33. The van der Waals surface area contributed by atoms with Crippen molar-refractivity contribution in [3.05, 3.63) is 23.9 Å². The summed E-state index contributed by atoms with van der Waals surface area (Å²) in [5.74, 6) is 0.482. The Kier molecular flexibility index (Phi) is 2.89. The van der Waals surface area contributed by atoms with Gasteiger partial charge in [0.05, 0.1) is 5.52 Å². The molecule has 1 aromatic heterocycles. The molecule has 1 unspecified atom stereocenters. The maximum Gasteiger partial charge on any atom is 0.272 e. The lowest BCUT2D eigenvalue weighted by Gasteiger charge is -2.31. The molecule has 1 aliphatic rings. The molecule has 1 aliphatic carbocycles. The fourth-order valence-electron chi connectivity index (χ4n) is 2.54. The summed E-state index contributed by atoms with van der Waals surface area (Å²) >= 11 is 0. The molecule has 0 spiro atoms. The van der Waals surface area contributed by atoms with Gasteiger partial charge in [-0.2, -0.15) is 5.10 Å². The minimum absolute atomic E-state index is 0.128. The Morgan fingerprint density at radius 1 is 1.53 bits per heavy atom. The highest BCUT2D eigenvalue weighted by atomic mass is 16.2. The minimum atomic E-state index is -0.128. The van der Waals surface area contributed by atoms with Crippen molar-refractivity contribution < 1.29 is 4.79 Å². The van der Waals surface area contributed by atoms with E-state index in [0.717, 1.165) is 10.9 Å². The van der Waals surface area contributed by atoms with Crippen LogP contribution in [-0.4, -0.2) is 22.1 Å². The lowest BCUT2D eigenvalue weighted by molar-refractivity contribution is 0.0906. The van der Waals surface area contributed by atoms with E-state index < -0.39 is 0 Å². The fourth-order valence-corrected chi connectivity index (χ4v) is 2.54. The first kappa shape index (κ1) is 12.0. The van der Waals surface area contributed by atoms with Crippen LogP contribution in [0, 0.1) is 5.92 Å². The van der Waals surface area contributed by atoms with Crippen LogP contribution >= 0.6 is 0 Å². The van der Waals surface area contributed by atoms with Crippen LogP contribution in [0.1, 0.15) is 36.7 Å². The molecule has 100 valence electrons. The third kappa shape index (κ3) is 2.16. The molecule has 1 aromatic carbocycles. The molecule has 0 radical (unpaired) electrons. The topological polar surface area (TPSA) is 83.8 Å². The summed E-state index contributed by atoms with van der Waals surface area (Å²) in [5, 5.41) is 10.8. The summed E-state index contributed by atoms with van der Waals surface area (Å²) in [5.41, 5.74) is 7.65. The van der Waals surface area contributed by atoms with Gasteiger partial charge in [-0.05, 0) is 43.9 Å². The summed E-state index contributed by atoms with van der Waals surface area (Å²) in [6.45, 7) is 2.06. The van der Waals surface area contributed by atoms with E-state index in [1.165, 1.54) is 19.3 Å². The molecular weight excluding hydrogens is 240 g/mol. The quantitative estimate of drug-likeness (QED) is 0.737. The van der Waals surface area contributed by atoms with Gasteiger partial charge in [-0.1, -0.05) is 6.42 Å². The van der Waals surface area contributed by atoms with Crippen LogP contribution in [0.15, 0.2) is 18.2 Å². The Morgan fingerprint density at radius 2 is 2.32 bits per heavy atom. The van der Waals surface area contributed by atoms with Gasteiger partial charge >= 0.3 is 0 Å². The first-order valence-corrected chi connectivity index (χ1v) is 6.69. The van der Waals surface area contributed by atoms with Gasteiger partial charge in [0, 0.05) is 17.1 Å². The number of carbonyl (C=O) groups is 1. The molecular formula is C14H18N4O. The monoisotopic (exact) mass is 258 g/mol. The molecule has 19 heavy (non-hydrogen) atoms. The number of nitrogen functional groups attached to an aromatic ring is 1. The molecule has 1 heterocycles. The average Bonchev–Trinajstić information content (AvgIpc) is 2.69. The van der Waals surface area contributed by atoms with Crippen LogP contribution in [0.2, 0.25) is 0 Å². The van der Waals surface area contributed by atoms with E-state index in [-0.39, 0.29) is 11.9 Å². The van der Waals surface area contributed by atoms with Gasteiger partial charge < -0.3 is 11.1 Å². The standard InChI is InChI=1S/C14H18N4O/c1-8(9-3-2-4-9)16-14(19)13-11-7-10(15)5-6-12(11)17-18-13/h5-9H,2-4,15H2,1H3,(H,16,19)(H,17,18). The van der Waals surface area contributed by atoms with E-state index in [1.54, 1.807) is 12.1 Å². The summed E-state index contributed by atoms with van der Waals surface area (Å²) in [6.07, 6.45) is 3.68. The van der Waals surface area contributed by atoms with Gasteiger partial charge in [0.2, 0.25) is 0 Å². The van der Waals surface area contributed by atoms with E-state index >= 15 is 0 Å². The first-order chi connectivity index (χ1) is 9.15. The van der Waals surface area contributed by atoms with Crippen molar-refractivity contribution in [1.29, 1.82) is 0 Å². The number of H-pyrrole nitrogens is 1. The second-order valence-electron chi connectivity index (χ2n) is 5.33. The molecule has 1 amide bonds. The van der Waals surface area contributed by atoms with Crippen molar-refractivity contribution in [3.8, 4) is 0 Å². The summed E-state index contributed by atoms with van der Waals surface area (Å²) in [6, 6.07) is 5.61. The largest absolute Gasteiger partial charge is 0.399 e. The van der Waals surface area contributed by atoms with Crippen LogP contribution in [0.25, 0.3) is 10.9 Å². The Bertz CT molecular complexity index is 615. The van der Waals surface area contributed by atoms with E-state index in [1.807, 2.05) is 6.07 Å². The zero-order chi connectivity index (χ0) is 13.4. The highest BCUT2D eigenvalue weighted by molar-refractivity contribution is 6.05. The number of rotatable bonds is 3. The van der Waals surface area contributed by atoms with Crippen molar-refractivity contribution in [3.63, 3.8) is 0 Å². The van der Waals surface area contributed by atoms with Crippen LogP contribution in [0.3, 0.4) is 0 Å². The number of hydrogen-bond donors (Lipinski definition) is 3. The number of fused-ring (bicyclic) bond motifs is 1. The summed E-state index contributed by atoms with van der Waals surface area (Å²) < 4.78 is 0. The first-order valence-electron chi connectivity index (χ1n) is 6.69. The molecule has 5 nitrogen and oxygen atoms in total. The van der Waals surface area contributed by atoms with Gasteiger partial charge in [-0.25, -0.2) is 0 Å². The molecule has 1 saturated carbocycles. The van der Waals surface area contributed by atoms with E-state index in [9.17, 15) is 4.79 Å².